The molecular weight excluding hydrogens is 156 g/mol. The van der Waals surface area contributed by atoms with Gasteiger partial charge in [-0.15, -0.1) is 0 Å². The zero-order valence-electron chi connectivity index (χ0n) is 6.69. The van der Waals surface area contributed by atoms with Gasteiger partial charge in [-0.2, -0.15) is 0 Å². The molecule has 1 aromatic rings. The van der Waals surface area contributed by atoms with Crippen LogP contribution in [0, 0.1) is 0 Å². The van der Waals surface area contributed by atoms with Gasteiger partial charge >= 0.3 is 6.03 Å². The molecule has 3 N–H and O–H groups in total. The Balaban J connectivity index is 2.65. The molecule has 5 heteroatoms. The maximum Gasteiger partial charge on any atom is 0.331 e. The van der Waals surface area contributed by atoms with Crippen LogP contribution in [-0.4, -0.2) is 18.1 Å². The first-order valence-corrected chi connectivity index (χ1v) is 3.41. The van der Waals surface area contributed by atoms with E-state index >= 15 is 0 Å². The molecule has 0 saturated heterocycles. The van der Waals surface area contributed by atoms with E-state index in [9.17, 15) is 4.79 Å². The topological polar surface area (TPSA) is 71.2 Å². The van der Waals surface area contributed by atoms with Crippen LogP contribution in [0.25, 0.3) is 0 Å². The van der Waals surface area contributed by atoms with E-state index in [0.717, 1.165) is 0 Å². The highest BCUT2D eigenvalue weighted by atomic mass is 16.2. The van der Waals surface area contributed by atoms with Crippen LogP contribution in [0.2, 0.25) is 0 Å². The highest BCUT2D eigenvalue weighted by Crippen LogP contribution is 2.02. The van der Waals surface area contributed by atoms with Gasteiger partial charge in [0.2, 0.25) is 0 Å². The fraction of sp³-hybridized carbons (Fsp3) is 0.143. The molecule has 2 amide bonds. The summed E-state index contributed by atoms with van der Waals surface area (Å²) < 4.78 is 0. The number of carbonyl (C=O) groups is 1. The van der Waals surface area contributed by atoms with Crippen molar-refractivity contribution in [2.75, 3.05) is 12.1 Å². The van der Waals surface area contributed by atoms with Crippen LogP contribution in [-0.2, 0) is 0 Å². The largest absolute Gasteiger partial charge is 0.350 e. The molecule has 0 aliphatic rings. The van der Waals surface area contributed by atoms with E-state index in [1.165, 1.54) is 5.01 Å². The number of hydrazine groups is 1. The Labute approximate surface area is 70.2 Å². The summed E-state index contributed by atoms with van der Waals surface area (Å²) in [7, 11) is 1.66. The average Bonchev–Trinajstić information content (AvgIpc) is 2.05. The number of amides is 2. The van der Waals surface area contributed by atoms with Crippen LogP contribution < -0.4 is 16.2 Å². The molecule has 0 unspecified atom stereocenters. The molecule has 0 saturated carbocycles. The number of rotatable bonds is 2. The van der Waals surface area contributed by atoms with E-state index < -0.39 is 6.03 Å². The lowest BCUT2D eigenvalue weighted by molar-refractivity contribution is 0.248. The highest BCUT2D eigenvalue weighted by molar-refractivity contribution is 5.73. The molecule has 0 aliphatic carbocycles. The number of carbonyl (C=O) groups excluding carboxylic acids is 1. The lowest BCUT2D eigenvalue weighted by Crippen LogP contribution is -2.42. The molecule has 0 aromatic carbocycles. The predicted molar refractivity (Wildman–Crippen MR) is 45.4 cm³/mol. The third-order valence-corrected chi connectivity index (χ3v) is 1.27. The molecule has 0 fully saturated rings. The summed E-state index contributed by atoms with van der Waals surface area (Å²) in [6, 6.07) is 4.77. The molecule has 1 aromatic heterocycles. The average molecular weight is 166 g/mol. The minimum atomic E-state index is -0.608. The van der Waals surface area contributed by atoms with Crippen LogP contribution >= 0.6 is 0 Å². The molecule has 0 spiro atoms. The van der Waals surface area contributed by atoms with Gasteiger partial charge in [0.05, 0.1) is 0 Å². The van der Waals surface area contributed by atoms with Crippen molar-refractivity contribution in [1.29, 1.82) is 0 Å². The minimum Gasteiger partial charge on any atom is -0.350 e. The number of hydrogen-bond donors (Lipinski definition) is 2. The van der Waals surface area contributed by atoms with Gasteiger partial charge in [0, 0.05) is 13.2 Å². The van der Waals surface area contributed by atoms with Crippen molar-refractivity contribution in [3.8, 4) is 0 Å². The van der Waals surface area contributed by atoms with E-state index in [0.29, 0.717) is 5.82 Å². The second kappa shape index (κ2) is 3.56. The van der Waals surface area contributed by atoms with Crippen LogP contribution in [0.5, 0.6) is 0 Å². The number of nitrogens with two attached hydrogens (primary N) is 1. The van der Waals surface area contributed by atoms with Gasteiger partial charge < -0.3 is 5.73 Å². The van der Waals surface area contributed by atoms with E-state index in [4.69, 9.17) is 5.73 Å². The molecular formula is C7H10N4O. The molecule has 12 heavy (non-hydrogen) atoms. The van der Waals surface area contributed by atoms with Crippen LogP contribution in [0.4, 0.5) is 10.6 Å². The monoisotopic (exact) mass is 166 g/mol. The zero-order chi connectivity index (χ0) is 8.97. The fourth-order valence-corrected chi connectivity index (χ4v) is 0.775. The molecule has 1 rings (SSSR count). The Kier molecular flexibility index (Phi) is 2.47. The van der Waals surface area contributed by atoms with E-state index in [1.54, 1.807) is 25.4 Å². The number of nitrogens with one attached hydrogen (secondary N) is 1. The molecule has 0 aliphatic heterocycles. The molecule has 1 heterocycles. The zero-order valence-corrected chi connectivity index (χ0v) is 6.69. The van der Waals surface area contributed by atoms with Crippen LogP contribution in [0.15, 0.2) is 24.4 Å². The van der Waals surface area contributed by atoms with Crippen molar-refractivity contribution >= 4 is 11.8 Å². The Morgan fingerprint density at radius 1 is 1.67 bits per heavy atom. The van der Waals surface area contributed by atoms with E-state index in [-0.39, 0.29) is 0 Å². The van der Waals surface area contributed by atoms with Gasteiger partial charge in [0.15, 0.2) is 0 Å². The smallest absolute Gasteiger partial charge is 0.331 e. The highest BCUT2D eigenvalue weighted by Gasteiger charge is 2.00. The second-order valence-electron chi connectivity index (χ2n) is 2.22. The molecule has 0 atom stereocenters. The number of primary amides is 1. The Hall–Kier alpha value is -1.78. The first-order valence-electron chi connectivity index (χ1n) is 3.41. The van der Waals surface area contributed by atoms with Gasteiger partial charge in [-0.05, 0) is 12.1 Å². The minimum absolute atomic E-state index is 0.608. The summed E-state index contributed by atoms with van der Waals surface area (Å²) in [5.41, 5.74) is 7.28. The van der Waals surface area contributed by atoms with Gasteiger partial charge in [-0.1, -0.05) is 6.07 Å². The first-order chi connectivity index (χ1) is 5.70. The lowest BCUT2D eigenvalue weighted by atomic mass is 10.5. The van der Waals surface area contributed by atoms with Gasteiger partial charge in [0.25, 0.3) is 0 Å². The third-order valence-electron chi connectivity index (χ3n) is 1.27. The molecule has 5 nitrogen and oxygen atoms in total. The number of pyridine rings is 1. The van der Waals surface area contributed by atoms with Gasteiger partial charge in [-0.3, -0.25) is 5.01 Å². The maximum atomic E-state index is 10.4. The molecule has 0 bridgehead atoms. The van der Waals surface area contributed by atoms with Crippen LogP contribution in [0.3, 0.4) is 0 Å². The maximum absolute atomic E-state index is 10.4. The number of nitrogens with zero attached hydrogens (tertiary/aromatic N) is 2. The Morgan fingerprint density at radius 3 is 2.92 bits per heavy atom. The summed E-state index contributed by atoms with van der Waals surface area (Å²) in [6.45, 7) is 0. The molecule has 64 valence electrons. The first kappa shape index (κ1) is 8.32. The SMILES string of the molecule is CN(NC(N)=O)c1ccccn1. The van der Waals surface area contributed by atoms with Crippen molar-refractivity contribution in [2.45, 2.75) is 0 Å². The lowest BCUT2D eigenvalue weighted by Gasteiger charge is -2.16. The summed E-state index contributed by atoms with van der Waals surface area (Å²) >= 11 is 0. The standard InChI is InChI=1S/C7H10N4O/c1-11(10-7(8)12)6-4-2-3-5-9-6/h2-5H,1H3,(H3,8,10,12). The van der Waals surface area contributed by atoms with Crippen molar-refractivity contribution < 1.29 is 4.79 Å². The quantitative estimate of drug-likeness (QED) is 0.612. The molecule has 0 radical (unpaired) electrons. The summed E-state index contributed by atoms with van der Waals surface area (Å²) in [6.07, 6.45) is 1.63. The van der Waals surface area contributed by atoms with Crippen molar-refractivity contribution in [1.82, 2.24) is 10.4 Å². The Morgan fingerprint density at radius 2 is 2.42 bits per heavy atom. The van der Waals surface area contributed by atoms with E-state index in [2.05, 4.69) is 10.4 Å². The fourth-order valence-electron chi connectivity index (χ4n) is 0.775. The third kappa shape index (κ3) is 2.12. The normalized spacial score (nSPS) is 9.08. The van der Waals surface area contributed by atoms with Gasteiger partial charge in [-0.25, -0.2) is 15.2 Å². The number of aromatic nitrogens is 1. The van der Waals surface area contributed by atoms with Gasteiger partial charge in [0.1, 0.15) is 5.82 Å². The van der Waals surface area contributed by atoms with E-state index in [1.807, 2.05) is 6.07 Å². The Bertz CT molecular complexity index is 261. The number of anilines is 1. The summed E-state index contributed by atoms with van der Waals surface area (Å²) in [5.74, 6) is 0.635. The van der Waals surface area contributed by atoms with Crippen molar-refractivity contribution in [3.63, 3.8) is 0 Å². The summed E-state index contributed by atoms with van der Waals surface area (Å²) in [5, 5.41) is 1.45. The van der Waals surface area contributed by atoms with Crippen LogP contribution in [0.1, 0.15) is 0 Å². The second-order valence-corrected chi connectivity index (χ2v) is 2.22. The van der Waals surface area contributed by atoms with Crippen molar-refractivity contribution in [3.05, 3.63) is 24.4 Å². The van der Waals surface area contributed by atoms with Crippen molar-refractivity contribution in [2.24, 2.45) is 5.73 Å². The number of urea groups is 1. The predicted octanol–water partition coefficient (Wildman–Crippen LogP) is 0.101. The number of hydrogen-bond acceptors (Lipinski definition) is 3. The summed E-state index contributed by atoms with van der Waals surface area (Å²) in [4.78, 5) is 14.4.